The first-order valence-corrected chi connectivity index (χ1v) is 6.08. The number of hydrogen-bond acceptors (Lipinski definition) is 6. The van der Waals surface area contributed by atoms with Gasteiger partial charge in [0.2, 0.25) is 5.89 Å². The molecule has 1 fully saturated rings. The van der Waals surface area contributed by atoms with Crippen molar-refractivity contribution in [2.75, 3.05) is 25.1 Å². The van der Waals surface area contributed by atoms with E-state index in [0.717, 1.165) is 26.0 Å². The summed E-state index contributed by atoms with van der Waals surface area (Å²) in [4.78, 5) is 1.93. The number of hydrogen-bond donors (Lipinski definition) is 1. The van der Waals surface area contributed by atoms with Crippen molar-refractivity contribution >= 4 is 6.01 Å². The van der Waals surface area contributed by atoms with Gasteiger partial charge < -0.3 is 19.8 Å². The molecule has 6 heteroatoms. The highest BCUT2D eigenvalue weighted by molar-refractivity contribution is 5.22. The monoisotopic (exact) mass is 240 g/mol. The van der Waals surface area contributed by atoms with Crippen LogP contribution in [0, 0.1) is 0 Å². The van der Waals surface area contributed by atoms with Gasteiger partial charge in [0.1, 0.15) is 0 Å². The molecule has 0 radical (unpaired) electrons. The molecule has 2 unspecified atom stereocenters. The standard InChI is InChI=1S/C11H20N4O2/c1-8(12)10-13-14-11(17-10)15(2)7-9-5-3-4-6-16-9/h8-9H,3-7,12H2,1-2H3. The Morgan fingerprint density at radius 2 is 2.29 bits per heavy atom. The van der Waals surface area contributed by atoms with Crippen molar-refractivity contribution in [2.24, 2.45) is 5.73 Å². The first-order valence-electron chi connectivity index (χ1n) is 6.08. The molecule has 0 spiro atoms. The number of likely N-dealkylation sites (N-methyl/N-ethyl adjacent to an activating group) is 1. The van der Waals surface area contributed by atoms with Crippen molar-refractivity contribution in [1.82, 2.24) is 10.2 Å². The average molecular weight is 240 g/mol. The molecule has 1 aromatic rings. The van der Waals surface area contributed by atoms with Gasteiger partial charge in [0.15, 0.2) is 0 Å². The second-order valence-electron chi connectivity index (χ2n) is 4.58. The quantitative estimate of drug-likeness (QED) is 0.849. The second-order valence-corrected chi connectivity index (χ2v) is 4.58. The van der Waals surface area contributed by atoms with E-state index >= 15 is 0 Å². The van der Waals surface area contributed by atoms with E-state index in [1.807, 2.05) is 18.9 Å². The molecule has 0 aromatic carbocycles. The van der Waals surface area contributed by atoms with E-state index in [0.29, 0.717) is 11.9 Å². The van der Waals surface area contributed by atoms with E-state index in [4.69, 9.17) is 14.9 Å². The van der Waals surface area contributed by atoms with Crippen molar-refractivity contribution in [2.45, 2.75) is 38.3 Å². The molecule has 1 aliphatic heterocycles. The number of nitrogens with zero attached hydrogens (tertiary/aromatic N) is 3. The Bertz CT molecular complexity index is 347. The summed E-state index contributed by atoms with van der Waals surface area (Å²) >= 11 is 0. The molecule has 0 aliphatic carbocycles. The highest BCUT2D eigenvalue weighted by Crippen LogP contribution is 2.18. The third-order valence-corrected chi connectivity index (χ3v) is 2.90. The van der Waals surface area contributed by atoms with E-state index in [9.17, 15) is 0 Å². The van der Waals surface area contributed by atoms with E-state index < -0.39 is 0 Å². The van der Waals surface area contributed by atoms with Crippen LogP contribution < -0.4 is 10.6 Å². The SMILES string of the molecule is CC(N)c1nnc(N(C)CC2CCCCO2)o1. The zero-order chi connectivity index (χ0) is 12.3. The summed E-state index contributed by atoms with van der Waals surface area (Å²) in [6, 6.07) is 0.280. The summed E-state index contributed by atoms with van der Waals surface area (Å²) in [6.07, 6.45) is 3.75. The van der Waals surface area contributed by atoms with Crippen molar-refractivity contribution < 1.29 is 9.15 Å². The molecule has 2 rings (SSSR count). The summed E-state index contributed by atoms with van der Waals surface area (Å²) in [7, 11) is 1.93. The largest absolute Gasteiger partial charge is 0.406 e. The van der Waals surface area contributed by atoms with Crippen molar-refractivity contribution in [3.05, 3.63) is 5.89 Å². The molecule has 1 aliphatic rings. The molecule has 1 aromatic heterocycles. The maximum Gasteiger partial charge on any atom is 0.318 e. The predicted molar refractivity (Wildman–Crippen MR) is 63.8 cm³/mol. The minimum Gasteiger partial charge on any atom is -0.406 e. The molecule has 0 amide bonds. The van der Waals surface area contributed by atoms with Crippen LogP contribution in [0.5, 0.6) is 0 Å². The molecule has 1 saturated heterocycles. The van der Waals surface area contributed by atoms with Gasteiger partial charge in [0.05, 0.1) is 12.1 Å². The second kappa shape index (κ2) is 5.46. The Morgan fingerprint density at radius 3 is 2.88 bits per heavy atom. The van der Waals surface area contributed by atoms with Crippen molar-refractivity contribution in [3.8, 4) is 0 Å². The smallest absolute Gasteiger partial charge is 0.318 e. The zero-order valence-electron chi connectivity index (χ0n) is 10.4. The lowest BCUT2D eigenvalue weighted by molar-refractivity contribution is 0.0211. The zero-order valence-corrected chi connectivity index (χ0v) is 10.4. The first-order chi connectivity index (χ1) is 8.16. The van der Waals surface area contributed by atoms with Crippen LogP contribution in [-0.4, -0.2) is 36.5 Å². The molecule has 2 heterocycles. The summed E-state index contributed by atoms with van der Waals surface area (Å²) in [5.74, 6) is 0.469. The van der Waals surface area contributed by atoms with E-state index in [1.165, 1.54) is 6.42 Å². The highest BCUT2D eigenvalue weighted by Gasteiger charge is 2.19. The molecule has 96 valence electrons. The molecule has 6 nitrogen and oxygen atoms in total. The van der Waals surface area contributed by atoms with E-state index in [-0.39, 0.29) is 12.1 Å². The minimum atomic E-state index is -0.226. The Morgan fingerprint density at radius 1 is 1.47 bits per heavy atom. The number of nitrogens with two attached hydrogens (primary N) is 1. The number of ether oxygens (including phenoxy) is 1. The van der Waals surface area contributed by atoms with Crippen molar-refractivity contribution in [3.63, 3.8) is 0 Å². The van der Waals surface area contributed by atoms with Crippen LogP contribution in [0.25, 0.3) is 0 Å². The van der Waals surface area contributed by atoms with Crippen LogP contribution in [-0.2, 0) is 4.74 Å². The number of rotatable bonds is 4. The third-order valence-electron chi connectivity index (χ3n) is 2.90. The van der Waals surface area contributed by atoms with Gasteiger partial charge in [-0.05, 0) is 26.2 Å². The van der Waals surface area contributed by atoms with Crippen LogP contribution in [0.4, 0.5) is 6.01 Å². The van der Waals surface area contributed by atoms with Gasteiger partial charge in [0.25, 0.3) is 0 Å². The molecular formula is C11H20N4O2. The van der Waals surface area contributed by atoms with Gasteiger partial charge in [-0.2, -0.15) is 0 Å². The van der Waals surface area contributed by atoms with E-state index in [1.54, 1.807) is 0 Å². The Hall–Kier alpha value is -1.14. The molecule has 2 N–H and O–H groups in total. The van der Waals surface area contributed by atoms with Crippen LogP contribution in [0.2, 0.25) is 0 Å². The molecular weight excluding hydrogens is 220 g/mol. The normalized spacial score (nSPS) is 22.4. The van der Waals surface area contributed by atoms with Gasteiger partial charge in [-0.3, -0.25) is 0 Å². The van der Waals surface area contributed by atoms with Gasteiger partial charge in [-0.1, -0.05) is 5.10 Å². The minimum absolute atomic E-state index is 0.226. The summed E-state index contributed by atoms with van der Waals surface area (Å²) in [6.45, 7) is 3.45. The Kier molecular flexibility index (Phi) is 3.96. The Labute approximate surface area is 101 Å². The van der Waals surface area contributed by atoms with Crippen LogP contribution in [0.15, 0.2) is 4.42 Å². The van der Waals surface area contributed by atoms with Crippen LogP contribution >= 0.6 is 0 Å². The third kappa shape index (κ3) is 3.17. The van der Waals surface area contributed by atoms with Gasteiger partial charge in [-0.25, -0.2) is 0 Å². The predicted octanol–water partition coefficient (Wildman–Crippen LogP) is 1.09. The maximum absolute atomic E-state index is 5.67. The van der Waals surface area contributed by atoms with E-state index in [2.05, 4.69) is 10.2 Å². The summed E-state index contributed by atoms with van der Waals surface area (Å²) < 4.78 is 11.1. The highest BCUT2D eigenvalue weighted by atomic mass is 16.5. The number of anilines is 1. The average Bonchev–Trinajstić information content (AvgIpc) is 2.79. The molecule has 17 heavy (non-hydrogen) atoms. The lowest BCUT2D eigenvalue weighted by Gasteiger charge is -2.26. The molecule has 2 atom stereocenters. The summed E-state index contributed by atoms with van der Waals surface area (Å²) in [5.41, 5.74) is 5.67. The first kappa shape index (κ1) is 12.3. The fourth-order valence-electron chi connectivity index (χ4n) is 1.90. The van der Waals surface area contributed by atoms with Crippen LogP contribution in [0.3, 0.4) is 0 Å². The maximum atomic E-state index is 5.67. The van der Waals surface area contributed by atoms with Crippen LogP contribution in [0.1, 0.15) is 38.1 Å². The summed E-state index contributed by atoms with van der Waals surface area (Å²) in [5, 5.41) is 7.88. The fraction of sp³-hybridized carbons (Fsp3) is 0.818. The lowest BCUT2D eigenvalue weighted by Crippen LogP contribution is -2.33. The van der Waals surface area contributed by atoms with Gasteiger partial charge in [-0.15, -0.1) is 5.10 Å². The number of aromatic nitrogens is 2. The fourth-order valence-corrected chi connectivity index (χ4v) is 1.90. The van der Waals surface area contributed by atoms with Gasteiger partial charge >= 0.3 is 6.01 Å². The molecule has 0 saturated carbocycles. The van der Waals surface area contributed by atoms with Crippen molar-refractivity contribution in [1.29, 1.82) is 0 Å². The molecule has 0 bridgehead atoms. The van der Waals surface area contributed by atoms with Gasteiger partial charge in [0, 0.05) is 20.2 Å². The topological polar surface area (TPSA) is 77.4 Å². The lowest BCUT2D eigenvalue weighted by atomic mass is 10.1. The Balaban J connectivity index is 1.91.